The maximum absolute atomic E-state index is 3.87. The Labute approximate surface area is 122 Å². The minimum absolute atomic E-state index is 0.0962. The van der Waals surface area contributed by atoms with E-state index in [0.717, 1.165) is 19.3 Å². The third-order valence-corrected chi connectivity index (χ3v) is 6.39. The molecule has 96 valence electrons. The fourth-order valence-corrected chi connectivity index (χ4v) is 2.51. The first-order chi connectivity index (χ1) is 7.89. The number of rotatable bonds is 5. The van der Waals surface area contributed by atoms with Crippen LogP contribution in [0.2, 0.25) is 0 Å². The molecule has 0 N–H and O–H groups in total. The Hall–Kier alpha value is 0.180. The van der Waals surface area contributed by atoms with Gasteiger partial charge in [0.15, 0.2) is 0 Å². The summed E-state index contributed by atoms with van der Waals surface area (Å²) < 4.78 is 0.236. The van der Waals surface area contributed by atoms with E-state index in [1.807, 2.05) is 0 Å². The topological polar surface area (TPSA) is 0 Å². The van der Waals surface area contributed by atoms with E-state index in [4.69, 9.17) is 0 Å². The molecule has 1 unspecified atom stereocenters. The Kier molecular flexibility index (Phi) is 5.27. The van der Waals surface area contributed by atoms with Crippen LogP contribution in [0.25, 0.3) is 0 Å². The molecule has 1 aromatic rings. The van der Waals surface area contributed by atoms with Crippen LogP contribution in [0.5, 0.6) is 0 Å². The van der Waals surface area contributed by atoms with E-state index in [2.05, 4.69) is 83.8 Å². The molecular formula is C15H22Br2. The quantitative estimate of drug-likeness (QED) is 0.554. The van der Waals surface area contributed by atoms with Gasteiger partial charge in [0.1, 0.15) is 0 Å². The molecule has 1 rings (SSSR count). The lowest BCUT2D eigenvalue weighted by Gasteiger charge is -2.27. The molecule has 1 atom stereocenters. The van der Waals surface area contributed by atoms with Crippen molar-refractivity contribution >= 4 is 31.9 Å². The van der Waals surface area contributed by atoms with Crippen LogP contribution in [0.15, 0.2) is 24.3 Å². The molecule has 0 radical (unpaired) electrons. The van der Waals surface area contributed by atoms with Crippen LogP contribution in [0.1, 0.15) is 58.1 Å². The van der Waals surface area contributed by atoms with Gasteiger partial charge in [-0.15, -0.1) is 0 Å². The summed E-state index contributed by atoms with van der Waals surface area (Å²) in [5.41, 5.74) is 2.73. The van der Waals surface area contributed by atoms with Gasteiger partial charge in [-0.1, -0.05) is 76.9 Å². The lowest BCUT2D eigenvalue weighted by Crippen LogP contribution is -2.16. The van der Waals surface area contributed by atoms with Gasteiger partial charge >= 0.3 is 0 Å². The molecule has 0 spiro atoms. The first-order valence-electron chi connectivity index (χ1n) is 6.38. The Morgan fingerprint density at radius 3 is 1.59 bits per heavy atom. The maximum atomic E-state index is 3.87. The van der Waals surface area contributed by atoms with Crippen molar-refractivity contribution in [2.24, 2.45) is 0 Å². The SMILES string of the molecule is CCC(C)(Br)c1ccc(C(Br)(CC)CC)cc1. The van der Waals surface area contributed by atoms with E-state index in [0.29, 0.717) is 0 Å². The molecule has 0 saturated heterocycles. The van der Waals surface area contributed by atoms with Crippen molar-refractivity contribution in [3.8, 4) is 0 Å². The second kappa shape index (κ2) is 5.88. The second-order valence-electron chi connectivity index (χ2n) is 4.80. The van der Waals surface area contributed by atoms with E-state index in [1.165, 1.54) is 11.1 Å². The predicted octanol–water partition coefficient (Wildman–Crippen LogP) is 6.12. The molecule has 0 nitrogen and oxygen atoms in total. The molecule has 0 heterocycles. The zero-order valence-corrected chi connectivity index (χ0v) is 14.4. The zero-order valence-electron chi connectivity index (χ0n) is 11.2. The molecule has 0 aliphatic carbocycles. The molecule has 0 aromatic heterocycles. The van der Waals surface area contributed by atoms with Crippen LogP contribution in [0.3, 0.4) is 0 Å². The summed E-state index contributed by atoms with van der Waals surface area (Å²) >= 11 is 7.66. The maximum Gasteiger partial charge on any atom is 0.0500 e. The second-order valence-corrected chi connectivity index (χ2v) is 8.07. The third kappa shape index (κ3) is 3.35. The standard InChI is InChI=1S/C15H22Br2/c1-5-14(4,16)12-8-10-13(11-9-12)15(17,6-2)7-3/h8-11H,5-7H2,1-4H3. The average Bonchev–Trinajstić information content (AvgIpc) is 2.38. The fourth-order valence-electron chi connectivity index (χ4n) is 1.98. The molecular weight excluding hydrogens is 340 g/mol. The van der Waals surface area contributed by atoms with E-state index < -0.39 is 0 Å². The van der Waals surface area contributed by atoms with Gasteiger partial charge in [-0.2, -0.15) is 0 Å². The van der Waals surface area contributed by atoms with E-state index in [9.17, 15) is 0 Å². The fraction of sp³-hybridized carbons (Fsp3) is 0.600. The normalized spacial score (nSPS) is 15.6. The van der Waals surface area contributed by atoms with Gasteiger partial charge in [0.25, 0.3) is 0 Å². The highest BCUT2D eigenvalue weighted by Gasteiger charge is 2.26. The van der Waals surface area contributed by atoms with Gasteiger partial charge in [0.2, 0.25) is 0 Å². The summed E-state index contributed by atoms with van der Waals surface area (Å²) in [6, 6.07) is 9.00. The average molecular weight is 362 g/mol. The van der Waals surface area contributed by atoms with Gasteiger partial charge in [-0.05, 0) is 37.3 Å². The summed E-state index contributed by atoms with van der Waals surface area (Å²) in [6.45, 7) is 8.89. The van der Waals surface area contributed by atoms with Crippen LogP contribution in [0.4, 0.5) is 0 Å². The Morgan fingerprint density at radius 2 is 1.24 bits per heavy atom. The number of hydrogen-bond acceptors (Lipinski definition) is 0. The smallest absolute Gasteiger partial charge is 0.0500 e. The van der Waals surface area contributed by atoms with Crippen molar-refractivity contribution < 1.29 is 0 Å². The Bertz CT molecular complexity index is 348. The largest absolute Gasteiger partial charge is 0.0804 e. The van der Waals surface area contributed by atoms with E-state index >= 15 is 0 Å². The molecule has 0 saturated carbocycles. The molecule has 0 bridgehead atoms. The van der Waals surface area contributed by atoms with Crippen LogP contribution in [0, 0.1) is 0 Å². The minimum Gasteiger partial charge on any atom is -0.0804 e. The molecule has 17 heavy (non-hydrogen) atoms. The zero-order chi connectivity index (χ0) is 13.1. The third-order valence-electron chi connectivity index (χ3n) is 3.79. The Morgan fingerprint density at radius 1 is 0.824 bits per heavy atom. The van der Waals surface area contributed by atoms with Crippen molar-refractivity contribution in [1.82, 2.24) is 0 Å². The lowest BCUT2D eigenvalue weighted by molar-refractivity contribution is 0.592. The van der Waals surface area contributed by atoms with Gasteiger partial charge in [0, 0.05) is 4.32 Å². The number of alkyl halides is 2. The van der Waals surface area contributed by atoms with Gasteiger partial charge in [-0.25, -0.2) is 0 Å². The van der Waals surface area contributed by atoms with Crippen molar-refractivity contribution in [1.29, 1.82) is 0 Å². The molecule has 0 aliphatic heterocycles. The van der Waals surface area contributed by atoms with Crippen LogP contribution in [-0.4, -0.2) is 0 Å². The summed E-state index contributed by atoms with van der Waals surface area (Å²) in [4.78, 5) is 0. The van der Waals surface area contributed by atoms with Crippen LogP contribution in [-0.2, 0) is 8.65 Å². The van der Waals surface area contributed by atoms with Crippen molar-refractivity contribution in [3.05, 3.63) is 35.4 Å². The summed E-state index contributed by atoms with van der Waals surface area (Å²) in [6.07, 6.45) is 3.32. The molecule has 2 heteroatoms. The predicted molar refractivity (Wildman–Crippen MR) is 84.2 cm³/mol. The van der Waals surface area contributed by atoms with Crippen molar-refractivity contribution in [3.63, 3.8) is 0 Å². The number of halogens is 2. The summed E-state index contributed by atoms with van der Waals surface area (Å²) in [5, 5.41) is 0. The molecule has 0 fully saturated rings. The van der Waals surface area contributed by atoms with Crippen molar-refractivity contribution in [2.45, 2.75) is 55.6 Å². The van der Waals surface area contributed by atoms with E-state index in [1.54, 1.807) is 0 Å². The van der Waals surface area contributed by atoms with E-state index in [-0.39, 0.29) is 8.65 Å². The Balaban J connectivity index is 3.03. The molecule has 0 amide bonds. The highest BCUT2D eigenvalue weighted by atomic mass is 79.9. The molecule has 1 aromatic carbocycles. The van der Waals surface area contributed by atoms with Crippen LogP contribution >= 0.6 is 31.9 Å². The minimum atomic E-state index is 0.0962. The highest BCUT2D eigenvalue weighted by Crippen LogP contribution is 2.40. The number of benzene rings is 1. The van der Waals surface area contributed by atoms with Gasteiger partial charge < -0.3 is 0 Å². The first-order valence-corrected chi connectivity index (χ1v) is 7.97. The number of hydrogen-bond donors (Lipinski definition) is 0. The first kappa shape index (κ1) is 15.2. The highest BCUT2D eigenvalue weighted by molar-refractivity contribution is 9.09. The van der Waals surface area contributed by atoms with Crippen LogP contribution < -0.4 is 0 Å². The van der Waals surface area contributed by atoms with Gasteiger partial charge in [0.05, 0.1) is 4.32 Å². The summed E-state index contributed by atoms with van der Waals surface area (Å²) in [5.74, 6) is 0. The van der Waals surface area contributed by atoms with Gasteiger partial charge in [-0.3, -0.25) is 0 Å². The monoisotopic (exact) mass is 360 g/mol. The van der Waals surface area contributed by atoms with Crippen molar-refractivity contribution in [2.75, 3.05) is 0 Å². The summed E-state index contributed by atoms with van der Waals surface area (Å²) in [7, 11) is 0. The lowest BCUT2D eigenvalue weighted by atomic mass is 9.90. The molecule has 0 aliphatic rings.